The van der Waals surface area contributed by atoms with Crippen LogP contribution < -0.4 is 10.9 Å². The van der Waals surface area contributed by atoms with E-state index in [9.17, 15) is 9.59 Å². The number of hydrogen-bond donors (Lipinski definition) is 2. The number of rotatable bonds is 2. The van der Waals surface area contributed by atoms with Gasteiger partial charge in [0, 0.05) is 16.0 Å². The Hall–Kier alpha value is -1.59. The van der Waals surface area contributed by atoms with Gasteiger partial charge < -0.3 is 0 Å². The third kappa shape index (κ3) is 2.62. The zero-order chi connectivity index (χ0) is 16.0. The van der Waals surface area contributed by atoms with E-state index in [0.717, 1.165) is 29.3 Å². The first kappa shape index (κ1) is 15.0. The molecule has 0 aliphatic heterocycles. The zero-order valence-corrected chi connectivity index (χ0v) is 14.0. The summed E-state index contributed by atoms with van der Waals surface area (Å²) in [7, 11) is 0. The molecule has 4 rings (SSSR count). The molecule has 4 nitrogen and oxygen atoms in total. The number of carbonyl (C=O) groups excluding carboxylic acids is 2. The van der Waals surface area contributed by atoms with E-state index < -0.39 is 0 Å². The van der Waals surface area contributed by atoms with Crippen LogP contribution in [-0.2, 0) is 4.79 Å². The molecule has 2 saturated carbocycles. The van der Waals surface area contributed by atoms with Gasteiger partial charge in [-0.25, -0.2) is 0 Å². The van der Waals surface area contributed by atoms with Crippen molar-refractivity contribution in [2.24, 2.45) is 17.8 Å². The second-order valence-corrected chi connectivity index (χ2v) is 7.90. The fourth-order valence-electron chi connectivity index (χ4n) is 3.99. The highest BCUT2D eigenvalue weighted by molar-refractivity contribution is 7.21. The molecule has 1 heterocycles. The summed E-state index contributed by atoms with van der Waals surface area (Å²) in [5, 5.41) is 1.31. The summed E-state index contributed by atoms with van der Waals surface area (Å²) < 4.78 is 0.960. The molecule has 2 bridgehead atoms. The van der Waals surface area contributed by atoms with Crippen LogP contribution in [0.3, 0.4) is 0 Å². The lowest BCUT2D eigenvalue weighted by Crippen LogP contribution is -2.45. The monoisotopic (exact) mass is 348 g/mol. The average Bonchev–Trinajstić information content (AvgIpc) is 3.27. The minimum Gasteiger partial charge on any atom is -0.273 e. The number of halogens is 1. The van der Waals surface area contributed by atoms with Crippen molar-refractivity contribution in [3.8, 4) is 0 Å². The van der Waals surface area contributed by atoms with Crippen molar-refractivity contribution in [1.82, 2.24) is 10.9 Å². The molecule has 0 saturated heterocycles. The number of amides is 2. The van der Waals surface area contributed by atoms with Gasteiger partial charge in [-0.3, -0.25) is 20.4 Å². The summed E-state index contributed by atoms with van der Waals surface area (Å²) >= 11 is 7.62. The van der Waals surface area contributed by atoms with Crippen LogP contribution in [0.4, 0.5) is 0 Å². The Labute approximate surface area is 143 Å². The molecule has 1 aromatic carbocycles. The number of carbonyl (C=O) groups is 2. The topological polar surface area (TPSA) is 58.2 Å². The van der Waals surface area contributed by atoms with Crippen molar-refractivity contribution in [1.29, 1.82) is 0 Å². The molecule has 0 radical (unpaired) electrons. The lowest BCUT2D eigenvalue weighted by molar-refractivity contribution is -0.127. The van der Waals surface area contributed by atoms with Crippen LogP contribution in [0.1, 0.15) is 35.4 Å². The molecule has 2 aliphatic carbocycles. The number of hydrazine groups is 1. The van der Waals surface area contributed by atoms with Crippen molar-refractivity contribution in [3.63, 3.8) is 0 Å². The molecule has 2 aliphatic rings. The average molecular weight is 349 g/mol. The first-order chi connectivity index (χ1) is 11.1. The smallest absolute Gasteiger partial charge is 0.273 e. The van der Waals surface area contributed by atoms with Crippen LogP contribution in [0, 0.1) is 17.8 Å². The van der Waals surface area contributed by atoms with Crippen LogP contribution in [0.5, 0.6) is 0 Å². The van der Waals surface area contributed by atoms with Gasteiger partial charge in [-0.2, -0.15) is 0 Å². The maximum absolute atomic E-state index is 12.3. The summed E-state index contributed by atoms with van der Waals surface area (Å²) in [6.07, 6.45) is 4.50. The molecule has 2 amide bonds. The van der Waals surface area contributed by atoms with E-state index in [2.05, 4.69) is 10.9 Å². The van der Waals surface area contributed by atoms with Gasteiger partial charge in [0.2, 0.25) is 5.91 Å². The molecule has 120 valence electrons. The Morgan fingerprint density at radius 2 is 1.96 bits per heavy atom. The first-order valence-corrected chi connectivity index (χ1v) is 9.10. The minimum absolute atomic E-state index is 0.0481. The van der Waals surface area contributed by atoms with Gasteiger partial charge in [0.15, 0.2) is 0 Å². The van der Waals surface area contributed by atoms with Crippen LogP contribution in [-0.4, -0.2) is 11.8 Å². The number of nitrogens with one attached hydrogen (secondary N) is 2. The molecule has 0 spiro atoms. The summed E-state index contributed by atoms with van der Waals surface area (Å²) in [5.74, 6) is 0.815. The minimum atomic E-state index is -0.354. The molecule has 2 aromatic rings. The fourth-order valence-corrected chi connectivity index (χ4v) is 5.41. The Kier molecular flexibility index (Phi) is 3.77. The maximum atomic E-state index is 12.3. The van der Waals surface area contributed by atoms with Gasteiger partial charge >= 0.3 is 0 Å². The fraction of sp³-hybridized carbons (Fsp3) is 0.412. The summed E-state index contributed by atoms with van der Waals surface area (Å²) in [6, 6.07) is 7.61. The summed E-state index contributed by atoms with van der Waals surface area (Å²) in [6.45, 7) is 0. The Morgan fingerprint density at radius 1 is 1.13 bits per heavy atom. The number of thiophene rings is 1. The Morgan fingerprint density at radius 3 is 2.65 bits per heavy atom. The van der Waals surface area contributed by atoms with E-state index in [-0.39, 0.29) is 17.7 Å². The highest BCUT2D eigenvalue weighted by Gasteiger charge is 2.43. The van der Waals surface area contributed by atoms with Crippen molar-refractivity contribution in [2.75, 3.05) is 0 Å². The van der Waals surface area contributed by atoms with Crippen LogP contribution >= 0.6 is 22.9 Å². The molecule has 0 unspecified atom stereocenters. The van der Waals surface area contributed by atoms with E-state index in [1.54, 1.807) is 0 Å². The quantitative estimate of drug-likeness (QED) is 0.812. The number of hydrogen-bond acceptors (Lipinski definition) is 3. The number of fused-ring (bicyclic) bond motifs is 3. The van der Waals surface area contributed by atoms with Gasteiger partial charge in [-0.15, -0.1) is 11.3 Å². The molecule has 23 heavy (non-hydrogen) atoms. The molecule has 6 heteroatoms. The van der Waals surface area contributed by atoms with E-state index >= 15 is 0 Å². The van der Waals surface area contributed by atoms with Crippen LogP contribution in [0.2, 0.25) is 5.02 Å². The van der Waals surface area contributed by atoms with Gasteiger partial charge in [-0.1, -0.05) is 36.2 Å². The van der Waals surface area contributed by atoms with E-state index in [1.165, 1.54) is 17.8 Å². The Bertz CT molecular complexity index is 788. The molecular formula is C17H17ClN2O2S. The van der Waals surface area contributed by atoms with E-state index in [0.29, 0.717) is 21.7 Å². The standard InChI is InChI=1S/C17H17ClN2O2S/c18-14-11-3-1-2-4-13(11)23-15(14)17(22)20-19-16(21)12-8-9-5-6-10(12)7-9/h1-4,9-10,12H,5-8H2,(H,19,21)(H,20,22)/t9-,10-,12-/m1/s1. The van der Waals surface area contributed by atoms with Gasteiger partial charge in [0.05, 0.1) is 5.02 Å². The molecule has 3 atom stereocenters. The third-order valence-corrected chi connectivity index (χ3v) is 6.79. The van der Waals surface area contributed by atoms with Gasteiger partial charge in [0.25, 0.3) is 5.91 Å². The SMILES string of the molecule is O=C(NNC(=O)[C@@H]1C[C@@H]2CC[C@@H]1C2)c1sc2ccccc2c1Cl. The lowest BCUT2D eigenvalue weighted by Gasteiger charge is -2.20. The molecule has 1 aromatic heterocycles. The third-order valence-electron chi connectivity index (χ3n) is 5.12. The molecule has 2 fully saturated rings. The first-order valence-electron chi connectivity index (χ1n) is 7.90. The predicted molar refractivity (Wildman–Crippen MR) is 91.4 cm³/mol. The maximum Gasteiger partial charge on any atom is 0.281 e. The van der Waals surface area contributed by atoms with Crippen LogP contribution in [0.25, 0.3) is 10.1 Å². The normalized spacial score (nSPS) is 25.7. The van der Waals surface area contributed by atoms with Crippen molar-refractivity contribution in [3.05, 3.63) is 34.2 Å². The summed E-state index contributed by atoms with van der Waals surface area (Å²) in [4.78, 5) is 25.0. The largest absolute Gasteiger partial charge is 0.281 e. The zero-order valence-electron chi connectivity index (χ0n) is 12.5. The predicted octanol–water partition coefficient (Wildman–Crippen LogP) is 3.75. The summed E-state index contributed by atoms with van der Waals surface area (Å²) in [5.41, 5.74) is 5.11. The lowest BCUT2D eigenvalue weighted by atomic mass is 9.88. The highest BCUT2D eigenvalue weighted by atomic mass is 35.5. The van der Waals surface area contributed by atoms with Crippen molar-refractivity contribution >= 4 is 44.8 Å². The second-order valence-electron chi connectivity index (χ2n) is 6.47. The van der Waals surface area contributed by atoms with Gasteiger partial charge in [0.1, 0.15) is 4.88 Å². The Balaban J connectivity index is 1.43. The number of benzene rings is 1. The second kappa shape index (κ2) is 5.80. The highest BCUT2D eigenvalue weighted by Crippen LogP contribution is 2.48. The molecular weight excluding hydrogens is 332 g/mol. The van der Waals surface area contributed by atoms with E-state index in [1.807, 2.05) is 24.3 Å². The van der Waals surface area contributed by atoms with Crippen molar-refractivity contribution < 1.29 is 9.59 Å². The van der Waals surface area contributed by atoms with Crippen LogP contribution in [0.15, 0.2) is 24.3 Å². The van der Waals surface area contributed by atoms with Gasteiger partial charge in [-0.05, 0) is 37.2 Å². The molecule has 2 N–H and O–H groups in total. The van der Waals surface area contributed by atoms with E-state index in [4.69, 9.17) is 11.6 Å². The van der Waals surface area contributed by atoms with Crippen molar-refractivity contribution in [2.45, 2.75) is 25.7 Å².